The summed E-state index contributed by atoms with van der Waals surface area (Å²) in [6.45, 7) is 6.68. The van der Waals surface area contributed by atoms with Crippen molar-refractivity contribution >= 4 is 17.3 Å². The summed E-state index contributed by atoms with van der Waals surface area (Å²) >= 11 is 0. The molecule has 2 rings (SSSR count). The molecule has 25 heavy (non-hydrogen) atoms. The topological polar surface area (TPSA) is 81.5 Å². The molecule has 0 spiro atoms. The van der Waals surface area contributed by atoms with Crippen molar-refractivity contribution in [1.29, 1.82) is 0 Å². The molecule has 6 nitrogen and oxygen atoms in total. The van der Waals surface area contributed by atoms with Gasteiger partial charge in [-0.2, -0.15) is 0 Å². The van der Waals surface area contributed by atoms with Crippen LogP contribution in [0.3, 0.4) is 0 Å². The lowest BCUT2D eigenvalue weighted by atomic mass is 10.1. The quantitative estimate of drug-likeness (QED) is 0.590. The van der Waals surface area contributed by atoms with Gasteiger partial charge in [0.15, 0.2) is 0 Å². The number of aryl methyl sites for hydroxylation is 1. The van der Waals surface area contributed by atoms with Gasteiger partial charge in [-0.05, 0) is 49.1 Å². The number of nitrogens with one attached hydrogen (secondary N) is 1. The van der Waals surface area contributed by atoms with E-state index in [2.05, 4.69) is 19.2 Å². The molecular weight excluding hydrogens is 320 g/mol. The molecule has 0 heterocycles. The third-order valence-corrected chi connectivity index (χ3v) is 3.76. The van der Waals surface area contributed by atoms with Crippen LogP contribution < -0.4 is 10.1 Å². The fourth-order valence-corrected chi connectivity index (χ4v) is 2.17. The minimum Gasteiger partial charge on any atom is -0.494 e. The van der Waals surface area contributed by atoms with Crippen molar-refractivity contribution in [3.05, 3.63) is 63.7 Å². The third kappa shape index (κ3) is 5.31. The number of carbonyl (C=O) groups is 1. The molecule has 2 aromatic rings. The summed E-state index contributed by atoms with van der Waals surface area (Å²) in [5.74, 6) is 0.962. The fourth-order valence-electron chi connectivity index (χ4n) is 2.17. The second-order valence-electron chi connectivity index (χ2n) is 6.27. The number of benzene rings is 2. The maximum absolute atomic E-state index is 12.3. The van der Waals surface area contributed by atoms with Gasteiger partial charge in [-0.3, -0.25) is 14.9 Å². The van der Waals surface area contributed by atoms with Crippen LogP contribution in [-0.4, -0.2) is 17.4 Å². The summed E-state index contributed by atoms with van der Waals surface area (Å²) in [6.07, 6.45) is 0.967. The number of carbonyl (C=O) groups excluding carboxylic acids is 1. The van der Waals surface area contributed by atoms with E-state index in [-0.39, 0.29) is 11.6 Å². The molecule has 0 aliphatic heterocycles. The van der Waals surface area contributed by atoms with Gasteiger partial charge >= 0.3 is 0 Å². The van der Waals surface area contributed by atoms with Crippen LogP contribution in [0.4, 0.5) is 11.4 Å². The van der Waals surface area contributed by atoms with Crippen LogP contribution in [0.1, 0.15) is 36.2 Å². The van der Waals surface area contributed by atoms with Gasteiger partial charge in [-0.15, -0.1) is 0 Å². The molecule has 1 amide bonds. The van der Waals surface area contributed by atoms with Crippen LogP contribution >= 0.6 is 0 Å². The molecule has 0 aromatic heterocycles. The number of ether oxygens (including phenoxy) is 1. The highest BCUT2D eigenvalue weighted by Gasteiger charge is 2.12. The number of hydrogen-bond acceptors (Lipinski definition) is 4. The van der Waals surface area contributed by atoms with Gasteiger partial charge in [0.05, 0.1) is 17.2 Å². The highest BCUT2D eigenvalue weighted by Crippen LogP contribution is 2.23. The molecular formula is C19H22N2O4. The van der Waals surface area contributed by atoms with Crippen LogP contribution in [0.5, 0.6) is 5.75 Å². The Morgan fingerprint density at radius 3 is 2.48 bits per heavy atom. The molecule has 0 saturated heterocycles. The van der Waals surface area contributed by atoms with Crippen LogP contribution in [0, 0.1) is 23.0 Å². The van der Waals surface area contributed by atoms with Gasteiger partial charge < -0.3 is 10.1 Å². The van der Waals surface area contributed by atoms with Crippen molar-refractivity contribution in [3.8, 4) is 5.75 Å². The van der Waals surface area contributed by atoms with Gasteiger partial charge in [0.1, 0.15) is 5.75 Å². The minimum absolute atomic E-state index is 0.0604. The minimum atomic E-state index is -0.488. The van der Waals surface area contributed by atoms with Crippen LogP contribution in [-0.2, 0) is 0 Å². The lowest BCUT2D eigenvalue weighted by Crippen LogP contribution is -2.13. The Morgan fingerprint density at radius 1 is 1.20 bits per heavy atom. The van der Waals surface area contributed by atoms with Gasteiger partial charge in [0, 0.05) is 17.7 Å². The van der Waals surface area contributed by atoms with E-state index >= 15 is 0 Å². The van der Waals surface area contributed by atoms with E-state index in [0.29, 0.717) is 29.5 Å². The standard InChI is InChI=1S/C19H22N2O4/c1-13(2)10-11-25-17-8-5-15(6-9-17)19(22)20-18-12-16(21(23)24)7-4-14(18)3/h4-9,12-13H,10-11H2,1-3H3,(H,20,22). The summed E-state index contributed by atoms with van der Waals surface area (Å²) in [6, 6.07) is 11.2. The average Bonchev–Trinajstić information content (AvgIpc) is 2.57. The first-order chi connectivity index (χ1) is 11.9. The van der Waals surface area contributed by atoms with Crippen molar-refractivity contribution in [3.63, 3.8) is 0 Å². The number of non-ortho nitro benzene ring substituents is 1. The molecule has 2 aromatic carbocycles. The summed E-state index contributed by atoms with van der Waals surface area (Å²) in [7, 11) is 0. The van der Waals surface area contributed by atoms with Crippen molar-refractivity contribution in [1.82, 2.24) is 0 Å². The number of nitro groups is 1. The molecule has 132 valence electrons. The average molecular weight is 342 g/mol. The fraction of sp³-hybridized carbons (Fsp3) is 0.316. The highest BCUT2D eigenvalue weighted by atomic mass is 16.6. The van der Waals surface area contributed by atoms with Crippen LogP contribution in [0.25, 0.3) is 0 Å². The Kier molecular flexibility index (Phi) is 6.11. The first-order valence-corrected chi connectivity index (χ1v) is 8.16. The lowest BCUT2D eigenvalue weighted by Gasteiger charge is -2.10. The van der Waals surface area contributed by atoms with Gasteiger partial charge in [-0.1, -0.05) is 19.9 Å². The predicted molar refractivity (Wildman–Crippen MR) is 97.2 cm³/mol. The highest BCUT2D eigenvalue weighted by molar-refractivity contribution is 6.04. The van der Waals surface area contributed by atoms with Crippen molar-refractivity contribution < 1.29 is 14.5 Å². The van der Waals surface area contributed by atoms with Crippen LogP contribution in [0.2, 0.25) is 0 Å². The smallest absolute Gasteiger partial charge is 0.271 e. The van der Waals surface area contributed by atoms with Crippen molar-refractivity contribution in [2.45, 2.75) is 27.2 Å². The maximum atomic E-state index is 12.3. The van der Waals surface area contributed by atoms with Gasteiger partial charge in [-0.25, -0.2) is 0 Å². The SMILES string of the molecule is Cc1ccc([N+](=O)[O-])cc1NC(=O)c1ccc(OCCC(C)C)cc1. The normalized spacial score (nSPS) is 10.6. The Labute approximate surface area is 147 Å². The largest absolute Gasteiger partial charge is 0.494 e. The molecule has 0 fully saturated rings. The number of amides is 1. The molecule has 6 heteroatoms. The van der Waals surface area contributed by atoms with E-state index in [9.17, 15) is 14.9 Å². The number of nitrogens with zero attached hydrogens (tertiary/aromatic N) is 1. The van der Waals surface area contributed by atoms with Crippen LogP contribution in [0.15, 0.2) is 42.5 Å². The monoisotopic (exact) mass is 342 g/mol. The zero-order chi connectivity index (χ0) is 18.4. The Balaban J connectivity index is 2.03. The summed E-state index contributed by atoms with van der Waals surface area (Å²) in [5, 5.41) is 13.6. The van der Waals surface area contributed by atoms with E-state index in [1.54, 1.807) is 37.3 Å². The Morgan fingerprint density at radius 2 is 1.88 bits per heavy atom. The number of anilines is 1. The summed E-state index contributed by atoms with van der Waals surface area (Å²) in [4.78, 5) is 22.7. The van der Waals surface area contributed by atoms with E-state index in [1.165, 1.54) is 12.1 Å². The van der Waals surface area contributed by atoms with E-state index in [4.69, 9.17) is 4.74 Å². The third-order valence-electron chi connectivity index (χ3n) is 3.76. The molecule has 0 saturated carbocycles. The molecule has 0 radical (unpaired) electrons. The van der Waals surface area contributed by atoms with Crippen molar-refractivity contribution in [2.24, 2.45) is 5.92 Å². The van der Waals surface area contributed by atoms with Gasteiger partial charge in [0.2, 0.25) is 0 Å². The Bertz CT molecular complexity index is 755. The molecule has 0 aliphatic rings. The second-order valence-corrected chi connectivity index (χ2v) is 6.27. The maximum Gasteiger partial charge on any atom is 0.271 e. The lowest BCUT2D eigenvalue weighted by molar-refractivity contribution is -0.384. The number of hydrogen-bond donors (Lipinski definition) is 1. The second kappa shape index (κ2) is 8.28. The molecule has 0 aliphatic carbocycles. The molecule has 0 bridgehead atoms. The number of nitro benzene ring substituents is 1. The first-order valence-electron chi connectivity index (χ1n) is 8.16. The van der Waals surface area contributed by atoms with Crippen molar-refractivity contribution in [2.75, 3.05) is 11.9 Å². The van der Waals surface area contributed by atoms with E-state index < -0.39 is 4.92 Å². The summed E-state index contributed by atoms with van der Waals surface area (Å²) in [5.41, 5.74) is 1.58. The zero-order valence-corrected chi connectivity index (χ0v) is 14.6. The Hall–Kier alpha value is -2.89. The first kappa shape index (κ1) is 18.4. The predicted octanol–water partition coefficient (Wildman–Crippen LogP) is 4.58. The van der Waals surface area contributed by atoms with Gasteiger partial charge in [0.25, 0.3) is 11.6 Å². The summed E-state index contributed by atoms with van der Waals surface area (Å²) < 4.78 is 5.62. The molecule has 1 N–H and O–H groups in total. The van der Waals surface area contributed by atoms with E-state index in [1.807, 2.05) is 0 Å². The van der Waals surface area contributed by atoms with E-state index in [0.717, 1.165) is 12.0 Å². The molecule has 0 unspecified atom stereocenters. The number of rotatable bonds is 7. The molecule has 0 atom stereocenters. The zero-order valence-electron chi connectivity index (χ0n) is 14.6.